The molecule has 0 saturated heterocycles. The molecule has 1 heterocycles. The van der Waals surface area contributed by atoms with Gasteiger partial charge in [-0.15, -0.1) is 0 Å². The summed E-state index contributed by atoms with van der Waals surface area (Å²) in [7, 11) is -3.78. The van der Waals surface area contributed by atoms with Crippen molar-refractivity contribution in [3.8, 4) is 0 Å². The third-order valence-corrected chi connectivity index (χ3v) is 4.88. The highest BCUT2D eigenvalue weighted by molar-refractivity contribution is 7.92. The zero-order chi connectivity index (χ0) is 17.3. The molecule has 2 rings (SSSR count). The number of carboxylic acids is 1. The predicted octanol–water partition coefficient (Wildman–Crippen LogP) is 2.55. The van der Waals surface area contributed by atoms with E-state index in [1.54, 1.807) is 45.2 Å². The number of nitrogens with one attached hydrogen (secondary N) is 1. The lowest BCUT2D eigenvalue weighted by atomic mass is 9.85. The summed E-state index contributed by atoms with van der Waals surface area (Å²) < 4.78 is 27.2. The Morgan fingerprint density at radius 3 is 2.52 bits per heavy atom. The highest BCUT2D eigenvalue weighted by Crippen LogP contribution is 2.26. The Bertz CT molecular complexity index is 845. The van der Waals surface area contributed by atoms with E-state index in [1.165, 1.54) is 18.3 Å². The Hall–Kier alpha value is -2.41. The average molecular weight is 334 g/mol. The van der Waals surface area contributed by atoms with Crippen LogP contribution in [-0.4, -0.2) is 24.5 Å². The van der Waals surface area contributed by atoms with Crippen LogP contribution in [0.5, 0.6) is 0 Å². The molecule has 0 amide bonds. The number of aromatic nitrogens is 1. The molecule has 6 nitrogen and oxygen atoms in total. The number of pyridine rings is 1. The molecule has 122 valence electrons. The molecular weight excluding hydrogens is 316 g/mol. The Morgan fingerprint density at radius 1 is 1.22 bits per heavy atom. The second kappa shape index (κ2) is 6.00. The molecule has 0 spiro atoms. The Kier molecular flexibility index (Phi) is 4.42. The number of anilines is 1. The van der Waals surface area contributed by atoms with Crippen LogP contribution in [0.4, 0.5) is 5.69 Å². The van der Waals surface area contributed by atoms with Crippen molar-refractivity contribution >= 4 is 21.7 Å². The Balaban J connectivity index is 2.36. The average Bonchev–Trinajstić information content (AvgIpc) is 2.47. The standard InChI is InChI=1S/C16H18N2O4S/c1-11-7-14(10-17-9-11)23(21,22)18-13-6-4-5-12(8-13)16(2,3)15(19)20/h4-10,18H,1-3H3,(H,19,20). The number of carboxylic acid groups (broad SMARTS) is 1. The first kappa shape index (κ1) is 17.0. The highest BCUT2D eigenvalue weighted by Gasteiger charge is 2.29. The van der Waals surface area contributed by atoms with Gasteiger partial charge in [0.05, 0.1) is 5.41 Å². The van der Waals surface area contributed by atoms with E-state index in [4.69, 9.17) is 0 Å². The van der Waals surface area contributed by atoms with Gasteiger partial charge in [-0.25, -0.2) is 8.42 Å². The maximum absolute atomic E-state index is 12.4. The SMILES string of the molecule is Cc1cncc(S(=O)(=O)Nc2cccc(C(C)(C)C(=O)O)c2)c1. The van der Waals surface area contributed by atoms with Crippen LogP contribution in [0.3, 0.4) is 0 Å². The molecule has 0 saturated carbocycles. The van der Waals surface area contributed by atoms with Crippen molar-refractivity contribution in [1.29, 1.82) is 0 Å². The molecule has 2 N–H and O–H groups in total. The van der Waals surface area contributed by atoms with Gasteiger partial charge in [-0.2, -0.15) is 0 Å². The number of benzene rings is 1. The molecule has 0 bridgehead atoms. The minimum absolute atomic E-state index is 0.0559. The van der Waals surface area contributed by atoms with Gasteiger partial charge in [-0.1, -0.05) is 12.1 Å². The van der Waals surface area contributed by atoms with Crippen molar-refractivity contribution in [2.45, 2.75) is 31.1 Å². The lowest BCUT2D eigenvalue weighted by Crippen LogP contribution is -2.28. The molecule has 0 aliphatic rings. The summed E-state index contributed by atoms with van der Waals surface area (Å²) >= 11 is 0. The number of nitrogens with zero attached hydrogens (tertiary/aromatic N) is 1. The Morgan fingerprint density at radius 2 is 1.91 bits per heavy atom. The molecule has 23 heavy (non-hydrogen) atoms. The monoisotopic (exact) mass is 334 g/mol. The van der Waals surface area contributed by atoms with Gasteiger partial charge in [0.25, 0.3) is 10.0 Å². The number of carbonyl (C=O) groups is 1. The molecule has 7 heteroatoms. The number of hydrogen-bond acceptors (Lipinski definition) is 4. The van der Waals surface area contributed by atoms with E-state index in [-0.39, 0.29) is 4.90 Å². The topological polar surface area (TPSA) is 96.4 Å². The fourth-order valence-electron chi connectivity index (χ4n) is 1.98. The molecule has 0 aliphatic heterocycles. The number of sulfonamides is 1. The second-order valence-electron chi connectivity index (χ2n) is 5.81. The first-order chi connectivity index (χ1) is 10.6. The van der Waals surface area contributed by atoms with E-state index >= 15 is 0 Å². The molecule has 1 aromatic heterocycles. The zero-order valence-corrected chi connectivity index (χ0v) is 13.9. The van der Waals surface area contributed by atoms with Gasteiger partial charge in [-0.3, -0.25) is 14.5 Å². The van der Waals surface area contributed by atoms with E-state index in [1.807, 2.05) is 0 Å². The molecule has 0 aliphatic carbocycles. The quantitative estimate of drug-likeness (QED) is 0.876. The zero-order valence-electron chi connectivity index (χ0n) is 13.1. The molecule has 1 aromatic carbocycles. The van der Waals surface area contributed by atoms with Crippen LogP contribution >= 0.6 is 0 Å². The number of aryl methyl sites for hydroxylation is 1. The van der Waals surface area contributed by atoms with Crippen molar-refractivity contribution in [1.82, 2.24) is 4.98 Å². The maximum atomic E-state index is 12.4. The molecular formula is C16H18N2O4S. The van der Waals surface area contributed by atoms with Gasteiger partial charge in [0.15, 0.2) is 0 Å². The summed E-state index contributed by atoms with van der Waals surface area (Å²) in [6.07, 6.45) is 2.83. The van der Waals surface area contributed by atoms with E-state index in [0.717, 1.165) is 5.56 Å². The normalized spacial score (nSPS) is 12.0. The number of hydrogen-bond donors (Lipinski definition) is 2. The van der Waals surface area contributed by atoms with E-state index < -0.39 is 21.4 Å². The van der Waals surface area contributed by atoms with Gasteiger partial charge < -0.3 is 5.11 Å². The summed E-state index contributed by atoms with van der Waals surface area (Å²) in [6.45, 7) is 4.88. The predicted molar refractivity (Wildman–Crippen MR) is 86.9 cm³/mol. The van der Waals surface area contributed by atoms with Crippen LogP contribution in [0.1, 0.15) is 25.0 Å². The van der Waals surface area contributed by atoms with Gasteiger partial charge in [0, 0.05) is 18.1 Å². The lowest BCUT2D eigenvalue weighted by molar-refractivity contribution is -0.142. The summed E-state index contributed by atoms with van der Waals surface area (Å²) in [6, 6.07) is 7.88. The Labute approximate surface area is 135 Å². The van der Waals surface area contributed by atoms with Gasteiger partial charge in [0.2, 0.25) is 0 Å². The van der Waals surface area contributed by atoms with Crippen LogP contribution in [-0.2, 0) is 20.2 Å². The molecule has 2 aromatic rings. The fraction of sp³-hybridized carbons (Fsp3) is 0.250. The highest BCUT2D eigenvalue weighted by atomic mass is 32.2. The third-order valence-electron chi connectivity index (χ3n) is 3.53. The summed E-state index contributed by atoms with van der Waals surface area (Å²) in [4.78, 5) is 15.3. The second-order valence-corrected chi connectivity index (χ2v) is 7.50. The third kappa shape index (κ3) is 3.68. The van der Waals surface area contributed by atoms with E-state index in [2.05, 4.69) is 9.71 Å². The van der Waals surface area contributed by atoms with Crippen molar-refractivity contribution in [2.75, 3.05) is 4.72 Å². The molecule has 0 atom stereocenters. The summed E-state index contributed by atoms with van der Waals surface area (Å²) in [5.41, 5.74) is 0.423. The molecule has 0 fully saturated rings. The van der Waals surface area contributed by atoms with Crippen molar-refractivity contribution in [3.63, 3.8) is 0 Å². The minimum atomic E-state index is -3.78. The summed E-state index contributed by atoms with van der Waals surface area (Å²) in [5.74, 6) is -0.986. The lowest BCUT2D eigenvalue weighted by Gasteiger charge is -2.20. The van der Waals surface area contributed by atoms with Gasteiger partial charge in [-0.05, 0) is 50.1 Å². The van der Waals surface area contributed by atoms with Gasteiger partial charge >= 0.3 is 5.97 Å². The van der Waals surface area contributed by atoms with Crippen LogP contribution in [0.25, 0.3) is 0 Å². The molecule has 0 radical (unpaired) electrons. The minimum Gasteiger partial charge on any atom is -0.481 e. The van der Waals surface area contributed by atoms with E-state index in [0.29, 0.717) is 11.3 Å². The van der Waals surface area contributed by atoms with Crippen molar-refractivity contribution < 1.29 is 18.3 Å². The fourth-order valence-corrected chi connectivity index (χ4v) is 3.08. The van der Waals surface area contributed by atoms with Crippen LogP contribution in [0, 0.1) is 6.92 Å². The largest absolute Gasteiger partial charge is 0.481 e. The van der Waals surface area contributed by atoms with E-state index in [9.17, 15) is 18.3 Å². The van der Waals surface area contributed by atoms with Crippen LogP contribution in [0.15, 0.2) is 47.6 Å². The van der Waals surface area contributed by atoms with Crippen LogP contribution < -0.4 is 4.72 Å². The van der Waals surface area contributed by atoms with Crippen molar-refractivity contribution in [3.05, 3.63) is 53.9 Å². The van der Waals surface area contributed by atoms with Crippen molar-refractivity contribution in [2.24, 2.45) is 0 Å². The maximum Gasteiger partial charge on any atom is 0.313 e. The number of rotatable bonds is 5. The first-order valence-electron chi connectivity index (χ1n) is 6.91. The first-order valence-corrected chi connectivity index (χ1v) is 8.39. The van der Waals surface area contributed by atoms with Crippen LogP contribution in [0.2, 0.25) is 0 Å². The van der Waals surface area contributed by atoms with Gasteiger partial charge in [0.1, 0.15) is 4.90 Å². The smallest absolute Gasteiger partial charge is 0.313 e. The number of aliphatic carboxylic acids is 1. The summed E-state index contributed by atoms with van der Waals surface area (Å²) in [5, 5.41) is 9.28. The molecule has 0 unspecified atom stereocenters.